The largest absolute Gasteiger partial charge is 0.365 e. The van der Waals surface area contributed by atoms with E-state index < -0.39 is 0 Å². The Balaban J connectivity index is 2.25. The molecule has 1 aliphatic rings. The smallest absolute Gasteiger partial charge is 0.161 e. The van der Waals surface area contributed by atoms with E-state index in [1.165, 1.54) is 11.3 Å². The number of nitriles is 1. The minimum atomic E-state index is -0.323. The molecule has 1 aromatic carbocycles. The maximum absolute atomic E-state index is 9.05. The third kappa shape index (κ3) is 3.30. The first-order chi connectivity index (χ1) is 9.80. The number of hydrogen-bond donors (Lipinski definition) is 1. The Morgan fingerprint density at radius 3 is 2.95 bits per heavy atom. The molecule has 4 heteroatoms. The molecule has 2 rings (SSSR count). The molecule has 1 heterocycles. The van der Waals surface area contributed by atoms with E-state index in [4.69, 9.17) is 10.00 Å². The summed E-state index contributed by atoms with van der Waals surface area (Å²) in [4.78, 5) is 2.27. The van der Waals surface area contributed by atoms with E-state index in [-0.39, 0.29) is 6.10 Å². The molecule has 0 radical (unpaired) electrons. The minimum Gasteiger partial charge on any atom is -0.365 e. The quantitative estimate of drug-likeness (QED) is 0.895. The summed E-state index contributed by atoms with van der Waals surface area (Å²) in [5.74, 6) is 0. The maximum atomic E-state index is 9.05. The third-order valence-corrected chi connectivity index (χ3v) is 3.72. The van der Waals surface area contributed by atoms with E-state index in [0.717, 1.165) is 19.5 Å². The highest BCUT2D eigenvalue weighted by Crippen LogP contribution is 2.29. The second-order valence-corrected chi connectivity index (χ2v) is 5.01. The Hall–Kier alpha value is -1.57. The van der Waals surface area contributed by atoms with Crippen LogP contribution >= 0.6 is 0 Å². The van der Waals surface area contributed by atoms with Crippen LogP contribution in [0.1, 0.15) is 31.9 Å². The molecule has 1 N–H and O–H groups in total. The van der Waals surface area contributed by atoms with Crippen LogP contribution in [0.3, 0.4) is 0 Å². The van der Waals surface area contributed by atoms with Gasteiger partial charge in [-0.15, -0.1) is 0 Å². The molecule has 0 bridgehead atoms. The summed E-state index contributed by atoms with van der Waals surface area (Å²) in [5.41, 5.74) is 2.54. The number of rotatable bonds is 5. The minimum absolute atomic E-state index is 0.323. The SMILES string of the molecule is CCNC(CC)c1ccccc1N1CCOC(C#N)C1. The van der Waals surface area contributed by atoms with E-state index in [9.17, 15) is 0 Å². The van der Waals surface area contributed by atoms with Crippen molar-refractivity contribution in [3.05, 3.63) is 29.8 Å². The van der Waals surface area contributed by atoms with Crippen LogP contribution in [0.15, 0.2) is 24.3 Å². The van der Waals surface area contributed by atoms with Crippen molar-refractivity contribution in [2.24, 2.45) is 0 Å². The first-order valence-corrected chi connectivity index (χ1v) is 7.38. The molecule has 1 fully saturated rings. The third-order valence-electron chi connectivity index (χ3n) is 3.72. The lowest BCUT2D eigenvalue weighted by Crippen LogP contribution is -2.42. The molecule has 20 heavy (non-hydrogen) atoms. The Morgan fingerprint density at radius 1 is 1.45 bits per heavy atom. The fourth-order valence-corrected chi connectivity index (χ4v) is 2.74. The monoisotopic (exact) mass is 273 g/mol. The van der Waals surface area contributed by atoms with Gasteiger partial charge in [-0.2, -0.15) is 5.26 Å². The molecule has 0 aromatic heterocycles. The Kier molecular flexibility index (Phi) is 5.40. The molecule has 4 nitrogen and oxygen atoms in total. The summed E-state index contributed by atoms with van der Waals surface area (Å²) in [6.07, 6.45) is 0.729. The van der Waals surface area contributed by atoms with E-state index in [2.05, 4.69) is 54.4 Å². The van der Waals surface area contributed by atoms with Crippen molar-refractivity contribution < 1.29 is 4.74 Å². The molecule has 0 amide bonds. The molecule has 1 aromatic rings. The van der Waals surface area contributed by atoms with Gasteiger partial charge in [-0.1, -0.05) is 32.0 Å². The number of hydrogen-bond acceptors (Lipinski definition) is 4. The predicted octanol–water partition coefficient (Wildman–Crippen LogP) is 2.48. The highest BCUT2D eigenvalue weighted by Gasteiger charge is 2.23. The van der Waals surface area contributed by atoms with Gasteiger partial charge in [-0.3, -0.25) is 0 Å². The van der Waals surface area contributed by atoms with Gasteiger partial charge >= 0.3 is 0 Å². The topological polar surface area (TPSA) is 48.3 Å². The van der Waals surface area contributed by atoms with Gasteiger partial charge in [-0.05, 0) is 24.6 Å². The zero-order valence-electron chi connectivity index (χ0n) is 12.3. The fraction of sp³-hybridized carbons (Fsp3) is 0.562. The first-order valence-electron chi connectivity index (χ1n) is 7.38. The summed E-state index contributed by atoms with van der Waals surface area (Å²) < 4.78 is 5.43. The molecular weight excluding hydrogens is 250 g/mol. The number of ether oxygens (including phenoxy) is 1. The molecule has 0 spiro atoms. The van der Waals surface area contributed by atoms with Crippen molar-refractivity contribution in [3.8, 4) is 6.07 Å². The highest BCUT2D eigenvalue weighted by atomic mass is 16.5. The highest BCUT2D eigenvalue weighted by molar-refractivity contribution is 5.55. The van der Waals surface area contributed by atoms with Crippen LogP contribution in [-0.2, 0) is 4.74 Å². The fourth-order valence-electron chi connectivity index (χ4n) is 2.74. The van der Waals surface area contributed by atoms with Crippen molar-refractivity contribution in [2.45, 2.75) is 32.4 Å². The number of morpholine rings is 1. The van der Waals surface area contributed by atoms with Gasteiger partial charge < -0.3 is 15.0 Å². The Labute approximate surface area is 121 Å². The van der Waals surface area contributed by atoms with Gasteiger partial charge in [0.2, 0.25) is 0 Å². The molecular formula is C16H23N3O. The van der Waals surface area contributed by atoms with Crippen molar-refractivity contribution in [1.29, 1.82) is 5.26 Å². The summed E-state index contributed by atoms with van der Waals surface area (Å²) >= 11 is 0. The van der Waals surface area contributed by atoms with Gasteiger partial charge in [0.1, 0.15) is 0 Å². The van der Waals surface area contributed by atoms with Crippen LogP contribution < -0.4 is 10.2 Å². The Morgan fingerprint density at radius 2 is 2.25 bits per heavy atom. The van der Waals surface area contributed by atoms with E-state index >= 15 is 0 Å². The second-order valence-electron chi connectivity index (χ2n) is 5.01. The van der Waals surface area contributed by atoms with Crippen molar-refractivity contribution in [1.82, 2.24) is 5.32 Å². The summed E-state index contributed by atoms with van der Waals surface area (Å²) in [6, 6.07) is 11.1. The molecule has 2 atom stereocenters. The molecule has 2 unspecified atom stereocenters. The predicted molar refractivity (Wildman–Crippen MR) is 80.7 cm³/mol. The number of para-hydroxylation sites is 1. The van der Waals surface area contributed by atoms with Crippen LogP contribution in [0.2, 0.25) is 0 Å². The van der Waals surface area contributed by atoms with Crippen LogP contribution in [-0.4, -0.2) is 32.3 Å². The number of nitrogens with one attached hydrogen (secondary N) is 1. The Bertz CT molecular complexity index is 469. The standard InChI is InChI=1S/C16H23N3O/c1-3-15(18-4-2)14-7-5-6-8-16(14)19-9-10-20-13(11-17)12-19/h5-8,13,15,18H,3-4,9-10,12H2,1-2H3. The first kappa shape index (κ1) is 14.8. The van der Waals surface area contributed by atoms with Gasteiger partial charge in [0, 0.05) is 18.3 Å². The lowest BCUT2D eigenvalue weighted by atomic mass is 10.0. The van der Waals surface area contributed by atoms with Crippen LogP contribution in [0.4, 0.5) is 5.69 Å². The van der Waals surface area contributed by atoms with Crippen molar-refractivity contribution >= 4 is 5.69 Å². The molecule has 0 aliphatic carbocycles. The van der Waals surface area contributed by atoms with Gasteiger partial charge in [-0.25, -0.2) is 0 Å². The van der Waals surface area contributed by atoms with Gasteiger partial charge in [0.05, 0.1) is 19.2 Å². The average Bonchev–Trinajstić information content (AvgIpc) is 2.52. The summed E-state index contributed by atoms with van der Waals surface area (Å²) in [6.45, 7) is 7.39. The number of anilines is 1. The van der Waals surface area contributed by atoms with E-state index in [1.54, 1.807) is 0 Å². The second kappa shape index (κ2) is 7.28. The lowest BCUT2D eigenvalue weighted by Gasteiger charge is -2.34. The van der Waals surface area contributed by atoms with Crippen molar-refractivity contribution in [3.63, 3.8) is 0 Å². The van der Waals surface area contributed by atoms with Gasteiger partial charge in [0.25, 0.3) is 0 Å². The van der Waals surface area contributed by atoms with Crippen LogP contribution in [0.25, 0.3) is 0 Å². The van der Waals surface area contributed by atoms with E-state index in [0.29, 0.717) is 19.2 Å². The molecule has 108 valence electrons. The van der Waals surface area contributed by atoms with Crippen LogP contribution in [0.5, 0.6) is 0 Å². The molecule has 1 saturated heterocycles. The van der Waals surface area contributed by atoms with Crippen LogP contribution in [0, 0.1) is 11.3 Å². The number of benzene rings is 1. The maximum Gasteiger partial charge on any atom is 0.161 e. The lowest BCUT2D eigenvalue weighted by molar-refractivity contribution is 0.0763. The zero-order chi connectivity index (χ0) is 14.4. The average molecular weight is 273 g/mol. The van der Waals surface area contributed by atoms with Gasteiger partial charge in [0.15, 0.2) is 6.10 Å². The summed E-state index contributed by atoms with van der Waals surface area (Å²) in [7, 11) is 0. The molecule has 1 aliphatic heterocycles. The normalized spacial score (nSPS) is 20.4. The zero-order valence-corrected chi connectivity index (χ0v) is 12.3. The number of nitrogens with zero attached hydrogens (tertiary/aromatic N) is 2. The van der Waals surface area contributed by atoms with Crippen molar-refractivity contribution in [2.75, 3.05) is 31.1 Å². The summed E-state index contributed by atoms with van der Waals surface area (Å²) in [5, 5.41) is 12.6. The van der Waals surface area contributed by atoms with E-state index in [1.807, 2.05) is 0 Å². The molecule has 0 saturated carbocycles.